The van der Waals surface area contributed by atoms with Gasteiger partial charge in [0.1, 0.15) is 17.9 Å². The van der Waals surface area contributed by atoms with Crippen LogP contribution in [-0.2, 0) is 0 Å². The van der Waals surface area contributed by atoms with Crippen LogP contribution in [0.25, 0.3) is 5.82 Å². The fraction of sp³-hybridized carbons (Fsp3) is 0. The van der Waals surface area contributed by atoms with Gasteiger partial charge in [0.2, 0.25) is 5.88 Å². The molecule has 2 aromatic carbocycles. The second-order valence-electron chi connectivity index (χ2n) is 6.00. The maximum atomic E-state index is 13.2. The van der Waals surface area contributed by atoms with E-state index >= 15 is 0 Å². The van der Waals surface area contributed by atoms with Gasteiger partial charge in [0, 0.05) is 29.8 Å². The molecule has 0 aliphatic heterocycles. The molecule has 0 saturated heterocycles. The smallest absolute Gasteiger partial charge is 0.323 e. The van der Waals surface area contributed by atoms with Gasteiger partial charge in [-0.2, -0.15) is 5.10 Å². The summed E-state index contributed by atoms with van der Waals surface area (Å²) in [4.78, 5) is 20.3. The molecule has 2 aromatic heterocycles. The van der Waals surface area contributed by atoms with E-state index in [2.05, 4.69) is 25.7 Å². The summed E-state index contributed by atoms with van der Waals surface area (Å²) in [5.41, 5.74) is 0.906. The molecule has 0 radical (unpaired) electrons. The molecule has 2 N–H and O–H groups in total. The van der Waals surface area contributed by atoms with Crippen LogP contribution >= 0.6 is 11.6 Å². The van der Waals surface area contributed by atoms with Crippen molar-refractivity contribution in [3.63, 3.8) is 0 Å². The summed E-state index contributed by atoms with van der Waals surface area (Å²) < 4.78 is 20.5. The van der Waals surface area contributed by atoms with Crippen molar-refractivity contribution in [2.75, 3.05) is 10.6 Å². The van der Waals surface area contributed by atoms with Gasteiger partial charge < -0.3 is 15.4 Å². The molecule has 30 heavy (non-hydrogen) atoms. The van der Waals surface area contributed by atoms with Crippen molar-refractivity contribution in [1.29, 1.82) is 0 Å². The largest absolute Gasteiger partial charge is 0.439 e. The topological polar surface area (TPSA) is 94.0 Å². The van der Waals surface area contributed by atoms with Gasteiger partial charge in [-0.15, -0.1) is 0 Å². The average Bonchev–Trinajstić information content (AvgIpc) is 3.27. The van der Waals surface area contributed by atoms with Crippen molar-refractivity contribution in [2.45, 2.75) is 0 Å². The monoisotopic (exact) mass is 424 g/mol. The third-order valence-electron chi connectivity index (χ3n) is 3.88. The summed E-state index contributed by atoms with van der Waals surface area (Å²) in [5, 5.41) is 9.28. The van der Waals surface area contributed by atoms with Crippen molar-refractivity contribution in [3.05, 3.63) is 84.2 Å². The third-order valence-corrected chi connectivity index (χ3v) is 4.17. The average molecular weight is 425 g/mol. The summed E-state index contributed by atoms with van der Waals surface area (Å²) >= 11 is 5.71. The molecule has 0 aliphatic carbocycles. The van der Waals surface area contributed by atoms with Crippen molar-refractivity contribution in [1.82, 2.24) is 19.7 Å². The van der Waals surface area contributed by atoms with E-state index in [1.54, 1.807) is 53.5 Å². The Kier molecular flexibility index (Phi) is 5.53. The molecule has 2 heterocycles. The molecule has 0 unspecified atom stereocenters. The first-order valence-electron chi connectivity index (χ1n) is 8.70. The Labute approximate surface area is 175 Å². The summed E-state index contributed by atoms with van der Waals surface area (Å²) in [6.45, 7) is 0. The van der Waals surface area contributed by atoms with Crippen LogP contribution in [-0.4, -0.2) is 25.8 Å². The van der Waals surface area contributed by atoms with E-state index in [0.29, 0.717) is 28.8 Å². The van der Waals surface area contributed by atoms with Crippen LogP contribution in [0.4, 0.5) is 20.6 Å². The standard InChI is InChI=1S/C20H14ClFN6O2/c21-16-10-14(4-7-17(16)22)27-20(29)26-13-2-5-15(6-3-13)30-19-11-18(23-12-24-19)28-9-1-8-25-28/h1-12H,(H2,26,27,29). The van der Waals surface area contributed by atoms with Crippen molar-refractivity contribution >= 4 is 29.0 Å². The Balaban J connectivity index is 1.37. The third kappa shape index (κ3) is 4.70. The number of nitrogens with one attached hydrogen (secondary N) is 2. The second kappa shape index (κ2) is 8.58. The lowest BCUT2D eigenvalue weighted by atomic mass is 10.3. The van der Waals surface area contributed by atoms with Crippen LogP contribution in [0, 0.1) is 5.82 Å². The van der Waals surface area contributed by atoms with Gasteiger partial charge in [-0.25, -0.2) is 23.8 Å². The predicted molar refractivity (Wildman–Crippen MR) is 110 cm³/mol. The maximum absolute atomic E-state index is 13.2. The Hall–Kier alpha value is -3.98. The minimum atomic E-state index is -0.557. The predicted octanol–water partition coefficient (Wildman–Crippen LogP) is 4.89. The number of carbonyl (C=O) groups excluding carboxylic acids is 1. The Morgan fingerprint density at radius 1 is 1.03 bits per heavy atom. The highest BCUT2D eigenvalue weighted by Crippen LogP contribution is 2.23. The number of nitrogens with zero attached hydrogens (tertiary/aromatic N) is 4. The lowest BCUT2D eigenvalue weighted by Gasteiger charge is -2.09. The van der Waals surface area contributed by atoms with E-state index in [0.717, 1.165) is 0 Å². The number of urea groups is 1. The van der Waals surface area contributed by atoms with Gasteiger partial charge in [0.05, 0.1) is 5.02 Å². The summed E-state index contributed by atoms with van der Waals surface area (Å²) in [6.07, 6.45) is 4.79. The number of hydrogen-bond acceptors (Lipinski definition) is 5. The normalized spacial score (nSPS) is 10.5. The van der Waals surface area contributed by atoms with E-state index in [9.17, 15) is 9.18 Å². The Bertz CT molecular complexity index is 1170. The van der Waals surface area contributed by atoms with Crippen LogP contribution in [0.5, 0.6) is 11.6 Å². The lowest BCUT2D eigenvalue weighted by molar-refractivity contribution is 0.262. The molecule has 8 nitrogen and oxygen atoms in total. The van der Waals surface area contributed by atoms with Gasteiger partial charge in [-0.05, 0) is 48.5 Å². The molecule has 0 aliphatic rings. The number of benzene rings is 2. The first kappa shape index (κ1) is 19.3. The highest BCUT2D eigenvalue weighted by Gasteiger charge is 2.07. The lowest BCUT2D eigenvalue weighted by Crippen LogP contribution is -2.19. The van der Waals surface area contributed by atoms with Crippen molar-refractivity contribution in [2.24, 2.45) is 0 Å². The Morgan fingerprint density at radius 2 is 1.80 bits per heavy atom. The van der Waals surface area contributed by atoms with E-state index in [1.807, 2.05) is 0 Å². The van der Waals surface area contributed by atoms with E-state index in [1.165, 1.54) is 24.5 Å². The number of carbonyl (C=O) groups is 1. The fourth-order valence-electron chi connectivity index (χ4n) is 2.51. The second-order valence-corrected chi connectivity index (χ2v) is 6.41. The minimum Gasteiger partial charge on any atom is -0.439 e. The van der Waals surface area contributed by atoms with Gasteiger partial charge >= 0.3 is 6.03 Å². The molecule has 10 heteroatoms. The van der Waals surface area contributed by atoms with Gasteiger partial charge in [0.25, 0.3) is 0 Å². The van der Waals surface area contributed by atoms with Crippen molar-refractivity contribution < 1.29 is 13.9 Å². The highest BCUT2D eigenvalue weighted by molar-refractivity contribution is 6.31. The molecule has 2 amide bonds. The number of amides is 2. The summed E-state index contributed by atoms with van der Waals surface area (Å²) in [7, 11) is 0. The van der Waals surface area contributed by atoms with Crippen LogP contribution in [0.2, 0.25) is 5.02 Å². The molecule has 0 spiro atoms. The van der Waals surface area contributed by atoms with Gasteiger partial charge in [-0.1, -0.05) is 11.6 Å². The summed E-state index contributed by atoms with van der Waals surface area (Å²) in [6, 6.07) is 13.6. The zero-order valence-electron chi connectivity index (χ0n) is 15.3. The van der Waals surface area contributed by atoms with Crippen LogP contribution in [0.3, 0.4) is 0 Å². The molecular weight excluding hydrogens is 411 g/mol. The molecule has 0 fully saturated rings. The van der Waals surface area contributed by atoms with Gasteiger partial charge in [-0.3, -0.25) is 0 Å². The first-order chi connectivity index (χ1) is 14.6. The molecule has 4 aromatic rings. The van der Waals surface area contributed by atoms with Crippen LogP contribution < -0.4 is 15.4 Å². The number of aromatic nitrogens is 4. The molecular formula is C20H14ClFN6O2. The summed E-state index contributed by atoms with van der Waals surface area (Å²) in [5.74, 6) is 0.887. The SMILES string of the molecule is O=C(Nc1ccc(Oc2cc(-n3cccn3)ncn2)cc1)Nc1ccc(F)c(Cl)c1. The van der Waals surface area contributed by atoms with Crippen LogP contribution in [0.15, 0.2) is 73.3 Å². The molecule has 0 bridgehead atoms. The first-order valence-corrected chi connectivity index (χ1v) is 9.08. The molecule has 4 rings (SSSR count). The molecule has 150 valence electrons. The molecule has 0 atom stereocenters. The highest BCUT2D eigenvalue weighted by atomic mass is 35.5. The van der Waals surface area contributed by atoms with Crippen LogP contribution in [0.1, 0.15) is 0 Å². The number of hydrogen-bond donors (Lipinski definition) is 2. The molecule has 0 saturated carbocycles. The van der Waals surface area contributed by atoms with Gasteiger partial charge in [0.15, 0.2) is 5.82 Å². The number of ether oxygens (including phenoxy) is 1. The number of halogens is 2. The minimum absolute atomic E-state index is 0.0743. The van der Waals surface area contributed by atoms with E-state index < -0.39 is 11.8 Å². The van der Waals surface area contributed by atoms with E-state index in [-0.39, 0.29) is 5.02 Å². The fourth-order valence-corrected chi connectivity index (χ4v) is 2.69. The number of anilines is 2. The zero-order chi connectivity index (χ0) is 20.9. The number of rotatable bonds is 5. The quantitative estimate of drug-likeness (QED) is 0.475. The Morgan fingerprint density at radius 3 is 2.53 bits per heavy atom. The maximum Gasteiger partial charge on any atom is 0.323 e. The zero-order valence-corrected chi connectivity index (χ0v) is 16.0. The van der Waals surface area contributed by atoms with E-state index in [4.69, 9.17) is 16.3 Å². The van der Waals surface area contributed by atoms with Crippen molar-refractivity contribution in [3.8, 4) is 17.4 Å².